The molecule has 0 unspecified atom stereocenters. The van der Waals surface area contributed by atoms with E-state index in [0.717, 1.165) is 37.7 Å². The number of alkyl carbamates (subject to hydrolysis) is 1. The number of carbonyl (C=O) groups excluding carboxylic acids is 2. The smallest absolute Gasteiger partial charge is 0.407 e. The van der Waals surface area contributed by atoms with Gasteiger partial charge in [0, 0.05) is 12.5 Å². The minimum atomic E-state index is -1.01. The molecule has 0 bridgehead atoms. The molecule has 1 aliphatic rings. The van der Waals surface area contributed by atoms with Crippen molar-refractivity contribution in [2.45, 2.75) is 64.0 Å². The Morgan fingerprint density at radius 1 is 1.07 bits per heavy atom. The Bertz CT molecular complexity index is 629. The molecule has 1 atom stereocenters. The number of ether oxygens (including phenoxy) is 1. The van der Waals surface area contributed by atoms with Gasteiger partial charge in [0.2, 0.25) is 5.91 Å². The molecule has 28 heavy (non-hydrogen) atoms. The van der Waals surface area contributed by atoms with Gasteiger partial charge in [0.15, 0.2) is 0 Å². The number of hydrogen-bond acceptors (Lipinski definition) is 4. The SMILES string of the molecule is O=C(NCCCC[C@H](NC(=O)C1CCCCC1)C(=O)O)OCc1ccccc1. The van der Waals surface area contributed by atoms with Crippen LogP contribution in [0.1, 0.15) is 56.9 Å². The Kier molecular flexibility index (Phi) is 9.31. The van der Waals surface area contributed by atoms with E-state index in [-0.39, 0.29) is 18.4 Å². The summed E-state index contributed by atoms with van der Waals surface area (Å²) in [5.41, 5.74) is 0.913. The molecule has 7 nitrogen and oxygen atoms in total. The van der Waals surface area contributed by atoms with Gasteiger partial charge in [-0.15, -0.1) is 0 Å². The lowest BCUT2D eigenvalue weighted by Crippen LogP contribution is -2.44. The molecule has 0 saturated heterocycles. The highest BCUT2D eigenvalue weighted by molar-refractivity contribution is 5.84. The van der Waals surface area contributed by atoms with E-state index in [1.807, 2.05) is 30.3 Å². The lowest BCUT2D eigenvalue weighted by Gasteiger charge is -2.23. The summed E-state index contributed by atoms with van der Waals surface area (Å²) in [6, 6.07) is 8.53. The monoisotopic (exact) mass is 390 g/mol. The van der Waals surface area contributed by atoms with Crippen molar-refractivity contribution in [1.29, 1.82) is 0 Å². The molecule has 7 heteroatoms. The maximum Gasteiger partial charge on any atom is 0.407 e. The number of rotatable bonds is 10. The Labute approximate surface area is 165 Å². The first-order chi connectivity index (χ1) is 13.6. The van der Waals surface area contributed by atoms with Gasteiger partial charge in [-0.25, -0.2) is 9.59 Å². The lowest BCUT2D eigenvalue weighted by atomic mass is 9.88. The number of benzene rings is 1. The number of unbranched alkanes of at least 4 members (excludes halogenated alkanes) is 1. The van der Waals surface area contributed by atoms with Crippen LogP contribution in [0, 0.1) is 5.92 Å². The van der Waals surface area contributed by atoms with Gasteiger partial charge in [0.05, 0.1) is 0 Å². The van der Waals surface area contributed by atoms with Crippen molar-refractivity contribution >= 4 is 18.0 Å². The molecule has 154 valence electrons. The number of amides is 2. The number of nitrogens with one attached hydrogen (secondary N) is 2. The van der Waals surface area contributed by atoms with E-state index in [2.05, 4.69) is 10.6 Å². The van der Waals surface area contributed by atoms with Gasteiger partial charge < -0.3 is 20.5 Å². The number of carboxylic acids is 1. The maximum atomic E-state index is 12.2. The molecule has 3 N–H and O–H groups in total. The van der Waals surface area contributed by atoms with E-state index in [1.165, 1.54) is 0 Å². The van der Waals surface area contributed by atoms with Gasteiger partial charge in [-0.1, -0.05) is 49.6 Å². The normalized spacial score (nSPS) is 15.4. The summed E-state index contributed by atoms with van der Waals surface area (Å²) in [6.45, 7) is 0.609. The minimum Gasteiger partial charge on any atom is -0.480 e. The highest BCUT2D eigenvalue weighted by Crippen LogP contribution is 2.23. The first-order valence-electron chi connectivity index (χ1n) is 10.0. The van der Waals surface area contributed by atoms with Crippen LogP contribution in [0.3, 0.4) is 0 Å². The third kappa shape index (κ3) is 7.98. The second-order valence-corrected chi connectivity index (χ2v) is 7.22. The molecule has 0 spiro atoms. The average Bonchev–Trinajstić information content (AvgIpc) is 2.72. The zero-order valence-electron chi connectivity index (χ0n) is 16.2. The van der Waals surface area contributed by atoms with Crippen LogP contribution < -0.4 is 10.6 Å². The molecular weight excluding hydrogens is 360 g/mol. The average molecular weight is 390 g/mol. The molecule has 1 aromatic rings. The highest BCUT2D eigenvalue weighted by atomic mass is 16.5. The van der Waals surface area contributed by atoms with Crippen molar-refractivity contribution in [3.63, 3.8) is 0 Å². The number of aliphatic carboxylic acids is 1. The van der Waals surface area contributed by atoms with Crippen LogP contribution in [0.2, 0.25) is 0 Å². The van der Waals surface area contributed by atoms with Gasteiger partial charge in [0.1, 0.15) is 12.6 Å². The third-order valence-electron chi connectivity index (χ3n) is 4.99. The van der Waals surface area contributed by atoms with Crippen LogP contribution in [0.15, 0.2) is 30.3 Å². The predicted octanol–water partition coefficient (Wildman–Crippen LogP) is 3.23. The molecule has 2 amide bonds. The third-order valence-corrected chi connectivity index (χ3v) is 4.99. The van der Waals surface area contributed by atoms with Crippen molar-refractivity contribution in [3.05, 3.63) is 35.9 Å². The van der Waals surface area contributed by atoms with E-state index >= 15 is 0 Å². The first-order valence-corrected chi connectivity index (χ1v) is 10.0. The second kappa shape index (κ2) is 12.0. The van der Waals surface area contributed by atoms with E-state index < -0.39 is 18.1 Å². The van der Waals surface area contributed by atoms with Crippen LogP contribution in [0.4, 0.5) is 4.79 Å². The van der Waals surface area contributed by atoms with Crippen molar-refractivity contribution in [2.75, 3.05) is 6.54 Å². The van der Waals surface area contributed by atoms with Crippen molar-refractivity contribution in [2.24, 2.45) is 5.92 Å². The fraction of sp³-hybridized carbons (Fsp3) is 0.571. The molecule has 0 heterocycles. The van der Waals surface area contributed by atoms with E-state index in [1.54, 1.807) is 0 Å². The Balaban J connectivity index is 1.59. The summed E-state index contributed by atoms with van der Waals surface area (Å²) in [7, 11) is 0. The largest absolute Gasteiger partial charge is 0.480 e. The molecule has 1 saturated carbocycles. The van der Waals surface area contributed by atoms with Crippen LogP contribution in [0.25, 0.3) is 0 Å². The Hall–Kier alpha value is -2.57. The van der Waals surface area contributed by atoms with Gasteiger partial charge in [-0.2, -0.15) is 0 Å². The summed E-state index contributed by atoms with van der Waals surface area (Å²) in [5, 5.41) is 14.7. The van der Waals surface area contributed by atoms with Crippen molar-refractivity contribution < 1.29 is 24.2 Å². The summed E-state index contributed by atoms with van der Waals surface area (Å²) in [6.07, 6.45) is 5.93. The molecule has 0 aliphatic heterocycles. The van der Waals surface area contributed by atoms with Crippen LogP contribution in [-0.2, 0) is 20.9 Å². The fourth-order valence-electron chi connectivity index (χ4n) is 3.35. The molecule has 1 aromatic carbocycles. The van der Waals surface area contributed by atoms with E-state index in [0.29, 0.717) is 25.8 Å². The topological polar surface area (TPSA) is 105 Å². The number of hydrogen-bond donors (Lipinski definition) is 3. The summed E-state index contributed by atoms with van der Waals surface area (Å²) >= 11 is 0. The Morgan fingerprint density at radius 2 is 1.79 bits per heavy atom. The standard InChI is InChI=1S/C21H30N2O5/c24-19(17-11-5-2-6-12-17)23-18(20(25)26)13-7-8-14-22-21(27)28-15-16-9-3-1-4-10-16/h1,3-4,9-10,17-18H,2,5-8,11-15H2,(H,22,27)(H,23,24)(H,25,26)/t18-/m0/s1. The van der Waals surface area contributed by atoms with E-state index in [4.69, 9.17) is 4.74 Å². The van der Waals surface area contributed by atoms with Gasteiger partial charge in [-0.3, -0.25) is 4.79 Å². The number of carbonyl (C=O) groups is 3. The van der Waals surface area contributed by atoms with Gasteiger partial charge in [0.25, 0.3) is 0 Å². The second-order valence-electron chi connectivity index (χ2n) is 7.22. The Morgan fingerprint density at radius 3 is 2.46 bits per heavy atom. The summed E-state index contributed by atoms with van der Waals surface area (Å²) in [4.78, 5) is 35.3. The lowest BCUT2D eigenvalue weighted by molar-refractivity contribution is -0.142. The minimum absolute atomic E-state index is 0.0587. The van der Waals surface area contributed by atoms with Crippen LogP contribution >= 0.6 is 0 Å². The maximum absolute atomic E-state index is 12.2. The summed E-state index contributed by atoms with van der Waals surface area (Å²) < 4.78 is 5.11. The molecule has 0 aromatic heterocycles. The zero-order chi connectivity index (χ0) is 20.2. The van der Waals surface area contributed by atoms with Gasteiger partial charge in [-0.05, 0) is 37.7 Å². The fourth-order valence-corrected chi connectivity index (χ4v) is 3.35. The molecule has 0 radical (unpaired) electrons. The zero-order valence-corrected chi connectivity index (χ0v) is 16.2. The number of carboxylic acid groups (broad SMARTS) is 1. The molecule has 1 aliphatic carbocycles. The van der Waals surface area contributed by atoms with Crippen molar-refractivity contribution in [1.82, 2.24) is 10.6 Å². The quantitative estimate of drug-likeness (QED) is 0.532. The van der Waals surface area contributed by atoms with Crippen molar-refractivity contribution in [3.8, 4) is 0 Å². The first kappa shape index (κ1) is 21.7. The van der Waals surface area contributed by atoms with Crippen LogP contribution in [-0.4, -0.2) is 35.7 Å². The van der Waals surface area contributed by atoms with Gasteiger partial charge >= 0.3 is 12.1 Å². The molecule has 1 fully saturated rings. The molecule has 2 rings (SSSR count). The highest BCUT2D eigenvalue weighted by Gasteiger charge is 2.26. The summed E-state index contributed by atoms with van der Waals surface area (Å²) in [5.74, 6) is -1.22. The van der Waals surface area contributed by atoms with Crippen LogP contribution in [0.5, 0.6) is 0 Å². The predicted molar refractivity (Wildman–Crippen MR) is 105 cm³/mol. The van der Waals surface area contributed by atoms with E-state index in [9.17, 15) is 19.5 Å². The molecular formula is C21H30N2O5.